The van der Waals surface area contributed by atoms with Crippen LogP contribution in [0.3, 0.4) is 0 Å². The SMILES string of the molecule is C=C(C)C(=O)OC12CC3CC(OCCCCCCCC4(CC)COC4)(CC(OCCCCCCCC4(CC)COC4)(C3)C1)C2. The van der Waals surface area contributed by atoms with E-state index in [0.717, 1.165) is 91.0 Å². The van der Waals surface area contributed by atoms with Gasteiger partial charge in [0.15, 0.2) is 0 Å². The molecule has 2 unspecified atom stereocenters. The van der Waals surface area contributed by atoms with Crippen LogP contribution >= 0.6 is 0 Å². The lowest BCUT2D eigenvalue weighted by atomic mass is 9.50. The third-order valence-electron chi connectivity index (χ3n) is 12.2. The Morgan fingerprint density at radius 3 is 1.48 bits per heavy atom. The van der Waals surface area contributed by atoms with Gasteiger partial charge in [0.1, 0.15) is 5.60 Å². The Bertz CT molecular complexity index is 886. The molecule has 2 aliphatic heterocycles. The van der Waals surface area contributed by atoms with Gasteiger partial charge in [0.2, 0.25) is 0 Å². The zero-order chi connectivity index (χ0) is 31.2. The van der Waals surface area contributed by atoms with Crippen LogP contribution in [0.25, 0.3) is 0 Å². The molecule has 2 heterocycles. The van der Waals surface area contributed by atoms with Gasteiger partial charge in [-0.05, 0) is 70.6 Å². The van der Waals surface area contributed by atoms with E-state index < -0.39 is 5.60 Å². The molecule has 6 heteroatoms. The zero-order valence-corrected chi connectivity index (χ0v) is 28.6. The maximum absolute atomic E-state index is 12.8. The molecule has 6 nitrogen and oxygen atoms in total. The second-order valence-electron chi connectivity index (χ2n) is 16.2. The van der Waals surface area contributed by atoms with Crippen molar-refractivity contribution >= 4 is 5.97 Å². The summed E-state index contributed by atoms with van der Waals surface area (Å²) in [6, 6.07) is 0. The third-order valence-corrected chi connectivity index (χ3v) is 12.2. The van der Waals surface area contributed by atoms with Crippen LogP contribution in [0.1, 0.15) is 149 Å². The topological polar surface area (TPSA) is 63.2 Å². The van der Waals surface area contributed by atoms with Crippen LogP contribution < -0.4 is 0 Å². The Hall–Kier alpha value is -0.950. The lowest BCUT2D eigenvalue weighted by molar-refractivity contribution is -0.283. The first kappa shape index (κ1) is 34.4. The van der Waals surface area contributed by atoms with Gasteiger partial charge in [-0.3, -0.25) is 0 Å². The quantitative estimate of drug-likeness (QED) is 0.0688. The predicted molar refractivity (Wildman–Crippen MR) is 175 cm³/mol. The lowest BCUT2D eigenvalue weighted by Gasteiger charge is -2.64. The fraction of sp³-hybridized carbons (Fsp3) is 0.921. The van der Waals surface area contributed by atoms with Gasteiger partial charge in [-0.15, -0.1) is 0 Å². The van der Waals surface area contributed by atoms with Gasteiger partial charge in [-0.2, -0.15) is 0 Å². The average Bonchev–Trinajstić information content (AvgIpc) is 2.93. The van der Waals surface area contributed by atoms with E-state index >= 15 is 0 Å². The van der Waals surface area contributed by atoms with E-state index in [1.54, 1.807) is 6.92 Å². The Kier molecular flexibility index (Phi) is 11.6. The Morgan fingerprint density at radius 2 is 1.07 bits per heavy atom. The van der Waals surface area contributed by atoms with Crippen molar-refractivity contribution in [1.29, 1.82) is 0 Å². The third kappa shape index (κ3) is 8.30. The van der Waals surface area contributed by atoms with Crippen molar-refractivity contribution < 1.29 is 28.5 Å². The molecule has 2 atom stereocenters. The van der Waals surface area contributed by atoms with Crippen molar-refractivity contribution in [2.24, 2.45) is 16.7 Å². The molecule has 0 aromatic heterocycles. The summed E-state index contributed by atoms with van der Waals surface area (Å²) < 4.78 is 31.0. The molecule has 4 saturated carbocycles. The Balaban J connectivity index is 1.06. The lowest BCUT2D eigenvalue weighted by Crippen LogP contribution is -2.68. The average molecular weight is 617 g/mol. The molecular formula is C38H64O6. The number of carbonyl (C=O) groups excluding carboxylic acids is 1. The minimum Gasteiger partial charge on any atom is -0.455 e. The highest BCUT2D eigenvalue weighted by molar-refractivity contribution is 5.87. The van der Waals surface area contributed by atoms with Crippen molar-refractivity contribution in [3.05, 3.63) is 12.2 Å². The molecule has 6 rings (SSSR count). The number of rotatable bonds is 22. The van der Waals surface area contributed by atoms with Gasteiger partial charge in [-0.25, -0.2) is 4.79 Å². The van der Waals surface area contributed by atoms with Gasteiger partial charge >= 0.3 is 5.97 Å². The summed E-state index contributed by atoms with van der Waals surface area (Å²) in [7, 11) is 0. The summed E-state index contributed by atoms with van der Waals surface area (Å²) in [6.07, 6.45) is 23.2. The van der Waals surface area contributed by atoms with E-state index in [1.807, 2.05) is 0 Å². The van der Waals surface area contributed by atoms with Crippen LogP contribution in [0.15, 0.2) is 12.2 Å². The largest absolute Gasteiger partial charge is 0.455 e. The predicted octanol–water partition coefficient (Wildman–Crippen LogP) is 8.89. The standard InChI is InChI=1S/C38H64O6/c1-5-34(27-40-28-34)17-13-9-7-11-15-19-42-36-21-32-22-37(24-36,26-38(23-32,25-36)44-33(39)31(3)4)43-20-16-12-8-10-14-18-35(6-2)29-41-30-35/h32H,3,5-30H2,1-2,4H3. The molecule has 0 radical (unpaired) electrons. The van der Waals surface area contributed by atoms with E-state index in [1.165, 1.54) is 77.0 Å². The monoisotopic (exact) mass is 616 g/mol. The molecular weight excluding hydrogens is 552 g/mol. The number of ether oxygens (including phenoxy) is 5. The molecule has 6 fully saturated rings. The van der Waals surface area contributed by atoms with Crippen molar-refractivity contribution in [2.45, 2.75) is 166 Å². The fourth-order valence-electron chi connectivity index (χ4n) is 9.57. The van der Waals surface area contributed by atoms with Crippen LogP contribution in [-0.2, 0) is 28.5 Å². The zero-order valence-electron chi connectivity index (χ0n) is 28.6. The van der Waals surface area contributed by atoms with Crippen LogP contribution in [-0.4, -0.2) is 62.4 Å². The highest BCUT2D eigenvalue weighted by atomic mass is 16.6. The molecule has 0 amide bonds. The van der Waals surface area contributed by atoms with Crippen LogP contribution in [0, 0.1) is 16.7 Å². The van der Waals surface area contributed by atoms with Crippen molar-refractivity contribution in [3.8, 4) is 0 Å². The summed E-state index contributed by atoms with van der Waals surface area (Å²) >= 11 is 0. The molecule has 0 aromatic rings. The Morgan fingerprint density at radius 1 is 0.659 bits per heavy atom. The first-order chi connectivity index (χ1) is 21.2. The highest BCUT2D eigenvalue weighted by Crippen LogP contribution is 2.63. The number of unbranched alkanes of at least 4 members (excludes halogenated alkanes) is 8. The molecule has 0 N–H and O–H groups in total. The van der Waals surface area contributed by atoms with Crippen molar-refractivity contribution in [3.63, 3.8) is 0 Å². The van der Waals surface area contributed by atoms with Crippen LogP contribution in [0.4, 0.5) is 0 Å². The van der Waals surface area contributed by atoms with Crippen molar-refractivity contribution in [1.82, 2.24) is 0 Å². The van der Waals surface area contributed by atoms with E-state index in [0.29, 0.717) is 22.3 Å². The molecule has 6 aliphatic rings. The van der Waals surface area contributed by atoms with Crippen LogP contribution in [0.2, 0.25) is 0 Å². The van der Waals surface area contributed by atoms with Gasteiger partial charge < -0.3 is 23.7 Å². The Labute approximate surface area is 268 Å². The van der Waals surface area contributed by atoms with E-state index in [9.17, 15) is 4.79 Å². The first-order valence-electron chi connectivity index (χ1n) is 18.5. The van der Waals surface area contributed by atoms with Crippen LogP contribution in [0.5, 0.6) is 0 Å². The minimum absolute atomic E-state index is 0.229. The van der Waals surface area contributed by atoms with Gasteiger partial charge in [0, 0.05) is 48.9 Å². The number of hydrogen-bond acceptors (Lipinski definition) is 6. The summed E-state index contributed by atoms with van der Waals surface area (Å²) in [6.45, 7) is 15.7. The molecule has 252 valence electrons. The molecule has 4 aliphatic carbocycles. The second-order valence-corrected chi connectivity index (χ2v) is 16.2. The first-order valence-corrected chi connectivity index (χ1v) is 18.5. The summed E-state index contributed by atoms with van der Waals surface area (Å²) in [5.41, 5.74) is 0.505. The van der Waals surface area contributed by atoms with E-state index in [4.69, 9.17) is 23.7 Å². The van der Waals surface area contributed by atoms with Gasteiger partial charge in [0.05, 0.1) is 37.6 Å². The van der Waals surface area contributed by atoms with E-state index in [2.05, 4.69) is 20.4 Å². The number of hydrogen-bond donors (Lipinski definition) is 0. The highest BCUT2D eigenvalue weighted by Gasteiger charge is 2.66. The van der Waals surface area contributed by atoms with Crippen molar-refractivity contribution in [2.75, 3.05) is 39.6 Å². The number of esters is 1. The normalized spacial score (nSPS) is 32.7. The second kappa shape index (κ2) is 14.9. The molecule has 0 spiro atoms. The van der Waals surface area contributed by atoms with E-state index in [-0.39, 0.29) is 17.2 Å². The van der Waals surface area contributed by atoms with Gasteiger partial charge in [-0.1, -0.05) is 71.8 Å². The maximum atomic E-state index is 12.8. The molecule has 4 bridgehead atoms. The molecule has 44 heavy (non-hydrogen) atoms. The van der Waals surface area contributed by atoms with Gasteiger partial charge in [0.25, 0.3) is 0 Å². The maximum Gasteiger partial charge on any atom is 0.333 e. The summed E-state index contributed by atoms with van der Waals surface area (Å²) in [5.74, 6) is 0.237. The molecule has 0 aromatic carbocycles. The molecule has 2 saturated heterocycles. The smallest absolute Gasteiger partial charge is 0.333 e. The fourth-order valence-corrected chi connectivity index (χ4v) is 9.57. The summed E-state index contributed by atoms with van der Waals surface area (Å²) in [4.78, 5) is 12.8. The minimum atomic E-state index is -0.476. The number of carbonyl (C=O) groups is 1. The summed E-state index contributed by atoms with van der Waals surface area (Å²) in [5, 5.41) is 0.